The van der Waals surface area contributed by atoms with E-state index < -0.39 is 0 Å². The van der Waals surface area contributed by atoms with Crippen molar-refractivity contribution in [2.45, 2.75) is 18.8 Å². The van der Waals surface area contributed by atoms with Crippen molar-refractivity contribution in [1.82, 2.24) is 5.32 Å². The number of amides is 1. The molecule has 1 aromatic rings. The number of carbonyl (C=O) groups excluding carboxylic acids is 1. The average molecular weight is 203 g/mol. The Kier molecular flexibility index (Phi) is 1.91. The first-order valence-corrected chi connectivity index (χ1v) is 5.35. The molecular formula is C12H13NO2. The zero-order valence-corrected chi connectivity index (χ0v) is 8.45. The normalized spacial score (nSPS) is 23.5. The third kappa shape index (κ3) is 1.48. The van der Waals surface area contributed by atoms with Crippen molar-refractivity contribution in [2.75, 3.05) is 13.2 Å². The summed E-state index contributed by atoms with van der Waals surface area (Å²) in [5.74, 6) is 1.52. The number of hydrogen-bond acceptors (Lipinski definition) is 2. The Bertz CT molecular complexity index is 414. The lowest BCUT2D eigenvalue weighted by atomic mass is 9.96. The molecule has 1 N–H and O–H groups in total. The van der Waals surface area contributed by atoms with Gasteiger partial charge < -0.3 is 10.1 Å². The van der Waals surface area contributed by atoms with E-state index in [0.29, 0.717) is 12.3 Å². The molecule has 78 valence electrons. The van der Waals surface area contributed by atoms with Crippen molar-refractivity contribution in [3.8, 4) is 5.75 Å². The molecule has 0 aromatic heterocycles. The molecule has 1 aromatic carbocycles. The van der Waals surface area contributed by atoms with Gasteiger partial charge in [-0.3, -0.25) is 4.79 Å². The maximum Gasteiger partial charge on any atom is 0.220 e. The number of fused-ring (bicyclic) bond motifs is 1. The van der Waals surface area contributed by atoms with Crippen molar-refractivity contribution < 1.29 is 9.53 Å². The number of hydrogen-bond donors (Lipinski definition) is 1. The van der Waals surface area contributed by atoms with Gasteiger partial charge in [0.2, 0.25) is 5.91 Å². The third-order valence-electron chi connectivity index (χ3n) is 3.16. The van der Waals surface area contributed by atoms with E-state index in [1.165, 1.54) is 11.1 Å². The van der Waals surface area contributed by atoms with E-state index in [-0.39, 0.29) is 5.91 Å². The van der Waals surface area contributed by atoms with Crippen LogP contribution in [-0.2, 0) is 11.2 Å². The monoisotopic (exact) mass is 203 g/mol. The van der Waals surface area contributed by atoms with E-state index in [2.05, 4.69) is 17.4 Å². The summed E-state index contributed by atoms with van der Waals surface area (Å²) in [5.41, 5.74) is 2.55. The predicted octanol–water partition coefficient (Wildman–Crippen LogP) is 1.22. The van der Waals surface area contributed by atoms with Crippen LogP contribution in [0.5, 0.6) is 5.75 Å². The Hall–Kier alpha value is -1.51. The Morgan fingerprint density at radius 2 is 2.33 bits per heavy atom. The zero-order chi connectivity index (χ0) is 10.3. The Balaban J connectivity index is 1.89. The molecule has 2 heterocycles. The first kappa shape index (κ1) is 8.77. The van der Waals surface area contributed by atoms with Gasteiger partial charge in [0, 0.05) is 25.3 Å². The molecular weight excluding hydrogens is 190 g/mol. The minimum atomic E-state index is 0.164. The molecule has 0 bridgehead atoms. The van der Waals surface area contributed by atoms with E-state index in [9.17, 15) is 4.79 Å². The van der Waals surface area contributed by atoms with Crippen LogP contribution in [0.4, 0.5) is 0 Å². The maximum absolute atomic E-state index is 11.1. The summed E-state index contributed by atoms with van der Waals surface area (Å²) in [5, 5.41) is 2.87. The largest absolute Gasteiger partial charge is 0.493 e. The quantitative estimate of drug-likeness (QED) is 0.745. The number of benzene rings is 1. The average Bonchev–Trinajstić information content (AvgIpc) is 2.84. The SMILES string of the molecule is O=C1CC(c2ccc3c(c2)CCO3)CN1. The molecule has 15 heavy (non-hydrogen) atoms. The fourth-order valence-electron chi connectivity index (χ4n) is 2.30. The van der Waals surface area contributed by atoms with Gasteiger partial charge in [-0.1, -0.05) is 12.1 Å². The van der Waals surface area contributed by atoms with Gasteiger partial charge in [-0.05, 0) is 17.2 Å². The molecule has 2 aliphatic rings. The highest BCUT2D eigenvalue weighted by Crippen LogP contribution is 2.30. The molecule has 3 nitrogen and oxygen atoms in total. The Labute approximate surface area is 88.4 Å². The highest BCUT2D eigenvalue weighted by Gasteiger charge is 2.24. The second-order valence-corrected chi connectivity index (χ2v) is 4.17. The summed E-state index contributed by atoms with van der Waals surface area (Å²) < 4.78 is 5.45. The second kappa shape index (κ2) is 3.26. The van der Waals surface area contributed by atoms with Gasteiger partial charge in [0.15, 0.2) is 0 Å². The molecule has 3 rings (SSSR count). The van der Waals surface area contributed by atoms with E-state index in [1.54, 1.807) is 0 Å². The lowest BCUT2D eigenvalue weighted by Crippen LogP contribution is -2.13. The first-order valence-electron chi connectivity index (χ1n) is 5.35. The first-order chi connectivity index (χ1) is 7.33. The summed E-state index contributed by atoms with van der Waals surface area (Å²) in [6.45, 7) is 1.57. The minimum Gasteiger partial charge on any atom is -0.493 e. The lowest BCUT2D eigenvalue weighted by molar-refractivity contribution is -0.119. The van der Waals surface area contributed by atoms with Crippen LogP contribution in [0.3, 0.4) is 0 Å². The number of carbonyl (C=O) groups is 1. The van der Waals surface area contributed by atoms with Gasteiger partial charge in [0.25, 0.3) is 0 Å². The summed E-state index contributed by atoms with van der Waals surface area (Å²) in [4.78, 5) is 11.1. The zero-order valence-electron chi connectivity index (χ0n) is 8.45. The molecule has 2 aliphatic heterocycles. The van der Waals surface area contributed by atoms with Crippen LogP contribution in [-0.4, -0.2) is 19.1 Å². The highest BCUT2D eigenvalue weighted by atomic mass is 16.5. The summed E-state index contributed by atoms with van der Waals surface area (Å²) in [6.07, 6.45) is 1.62. The second-order valence-electron chi connectivity index (χ2n) is 4.17. The van der Waals surface area contributed by atoms with Gasteiger partial charge in [-0.2, -0.15) is 0 Å². The van der Waals surface area contributed by atoms with E-state index in [4.69, 9.17) is 4.74 Å². The summed E-state index contributed by atoms with van der Waals surface area (Å²) in [7, 11) is 0. The summed E-state index contributed by atoms with van der Waals surface area (Å²) >= 11 is 0. The summed E-state index contributed by atoms with van der Waals surface area (Å²) in [6, 6.07) is 6.29. The lowest BCUT2D eigenvalue weighted by Gasteiger charge is -2.08. The van der Waals surface area contributed by atoms with Gasteiger partial charge in [-0.25, -0.2) is 0 Å². The maximum atomic E-state index is 11.1. The van der Waals surface area contributed by atoms with Crippen LogP contribution < -0.4 is 10.1 Å². The molecule has 1 saturated heterocycles. The van der Waals surface area contributed by atoms with E-state index in [1.807, 2.05) is 6.07 Å². The molecule has 3 heteroatoms. The Morgan fingerprint density at radius 3 is 3.13 bits per heavy atom. The standard InChI is InChI=1S/C12H13NO2/c14-12-6-10(7-13-12)8-1-2-11-9(5-8)3-4-15-11/h1-2,5,10H,3-4,6-7H2,(H,13,14). The molecule has 1 fully saturated rings. The van der Waals surface area contributed by atoms with E-state index in [0.717, 1.165) is 25.3 Å². The third-order valence-corrected chi connectivity index (χ3v) is 3.16. The van der Waals surface area contributed by atoms with Crippen LogP contribution in [0.2, 0.25) is 0 Å². The number of rotatable bonds is 1. The van der Waals surface area contributed by atoms with Gasteiger partial charge in [0.1, 0.15) is 5.75 Å². The van der Waals surface area contributed by atoms with Crippen LogP contribution in [0.1, 0.15) is 23.5 Å². The fraction of sp³-hybridized carbons (Fsp3) is 0.417. The fourth-order valence-corrected chi connectivity index (χ4v) is 2.30. The van der Waals surface area contributed by atoms with Crippen LogP contribution in [0.15, 0.2) is 18.2 Å². The van der Waals surface area contributed by atoms with Gasteiger partial charge >= 0.3 is 0 Å². The van der Waals surface area contributed by atoms with E-state index >= 15 is 0 Å². The van der Waals surface area contributed by atoms with Crippen LogP contribution in [0, 0.1) is 0 Å². The molecule has 1 atom stereocenters. The molecule has 1 amide bonds. The Morgan fingerprint density at radius 1 is 1.40 bits per heavy atom. The van der Waals surface area contributed by atoms with Crippen molar-refractivity contribution >= 4 is 5.91 Å². The molecule has 0 saturated carbocycles. The van der Waals surface area contributed by atoms with Crippen molar-refractivity contribution in [3.63, 3.8) is 0 Å². The molecule has 0 spiro atoms. The van der Waals surface area contributed by atoms with Crippen LogP contribution in [0.25, 0.3) is 0 Å². The smallest absolute Gasteiger partial charge is 0.220 e. The van der Waals surface area contributed by atoms with Crippen molar-refractivity contribution in [1.29, 1.82) is 0 Å². The number of ether oxygens (including phenoxy) is 1. The van der Waals surface area contributed by atoms with Gasteiger partial charge in [-0.15, -0.1) is 0 Å². The predicted molar refractivity (Wildman–Crippen MR) is 56.0 cm³/mol. The molecule has 1 unspecified atom stereocenters. The van der Waals surface area contributed by atoms with Crippen molar-refractivity contribution in [2.24, 2.45) is 0 Å². The van der Waals surface area contributed by atoms with Gasteiger partial charge in [0.05, 0.1) is 6.61 Å². The van der Waals surface area contributed by atoms with Crippen molar-refractivity contribution in [3.05, 3.63) is 29.3 Å². The molecule has 0 radical (unpaired) electrons. The highest BCUT2D eigenvalue weighted by molar-refractivity contribution is 5.79. The minimum absolute atomic E-state index is 0.164. The number of nitrogens with one attached hydrogen (secondary N) is 1. The topological polar surface area (TPSA) is 38.3 Å². The molecule has 0 aliphatic carbocycles. The van der Waals surface area contributed by atoms with Crippen LogP contribution >= 0.6 is 0 Å².